The highest BCUT2D eigenvalue weighted by Gasteiger charge is 2.18. The quantitative estimate of drug-likeness (QED) is 0.738. The Hall–Kier alpha value is -0.950. The van der Waals surface area contributed by atoms with Crippen molar-refractivity contribution in [3.05, 3.63) is 28.8 Å². The van der Waals surface area contributed by atoms with Crippen LogP contribution < -0.4 is 4.72 Å². The van der Waals surface area contributed by atoms with Gasteiger partial charge in [-0.05, 0) is 63.7 Å². The highest BCUT2D eigenvalue weighted by atomic mass is 32.2. The van der Waals surface area contributed by atoms with Gasteiger partial charge in [-0.2, -0.15) is 0 Å². The molecule has 0 radical (unpaired) electrons. The fourth-order valence-corrected chi connectivity index (χ4v) is 3.39. The summed E-state index contributed by atoms with van der Waals surface area (Å²) in [5.41, 5.74) is 2.20. The molecule has 0 saturated carbocycles. The summed E-state index contributed by atoms with van der Waals surface area (Å²) in [6, 6.07) is 3.34. The van der Waals surface area contributed by atoms with E-state index in [1.165, 1.54) is 6.07 Å². The molecule has 0 aliphatic heterocycles. The van der Waals surface area contributed by atoms with Crippen LogP contribution in [0.25, 0.3) is 0 Å². The number of nitrogens with zero attached hydrogens (tertiary/aromatic N) is 1. The summed E-state index contributed by atoms with van der Waals surface area (Å²) in [4.78, 5) is 2.27. The maximum atomic E-state index is 12.3. The van der Waals surface area contributed by atoms with Gasteiger partial charge >= 0.3 is 0 Å². The van der Waals surface area contributed by atoms with Crippen molar-refractivity contribution in [2.24, 2.45) is 0 Å². The maximum Gasteiger partial charge on any atom is 0.240 e. The molecule has 0 bridgehead atoms. The van der Waals surface area contributed by atoms with E-state index in [1.807, 2.05) is 25.9 Å². The van der Waals surface area contributed by atoms with E-state index in [4.69, 9.17) is 0 Å². The molecule has 0 aromatic heterocycles. The first-order valence-electron chi connectivity index (χ1n) is 6.63. The van der Waals surface area contributed by atoms with Crippen LogP contribution in [0.2, 0.25) is 0 Å². The molecule has 0 atom stereocenters. The van der Waals surface area contributed by atoms with Gasteiger partial charge in [0.1, 0.15) is 0 Å². The SMILES string of the molecule is Cc1cc(CO)cc(S(=O)(=O)NCCCN(C)C)c1C. The molecule has 0 aliphatic carbocycles. The molecule has 0 fully saturated rings. The topological polar surface area (TPSA) is 69.6 Å². The van der Waals surface area contributed by atoms with Gasteiger partial charge in [0.2, 0.25) is 10.0 Å². The second-order valence-electron chi connectivity index (χ2n) is 5.25. The number of hydrogen-bond donors (Lipinski definition) is 2. The molecule has 1 aromatic rings. The zero-order chi connectivity index (χ0) is 15.3. The van der Waals surface area contributed by atoms with Gasteiger partial charge in [-0.1, -0.05) is 6.07 Å². The monoisotopic (exact) mass is 300 g/mol. The highest BCUT2D eigenvalue weighted by Crippen LogP contribution is 2.21. The Kier molecular flexibility index (Phi) is 6.13. The lowest BCUT2D eigenvalue weighted by atomic mass is 10.1. The number of rotatable bonds is 7. The van der Waals surface area contributed by atoms with E-state index in [0.717, 1.165) is 24.1 Å². The number of aliphatic hydroxyl groups excluding tert-OH is 1. The molecule has 114 valence electrons. The molecule has 6 heteroatoms. The molecule has 20 heavy (non-hydrogen) atoms. The Morgan fingerprint density at radius 1 is 1.25 bits per heavy atom. The van der Waals surface area contributed by atoms with Crippen molar-refractivity contribution >= 4 is 10.0 Å². The lowest BCUT2D eigenvalue weighted by Crippen LogP contribution is -2.28. The predicted molar refractivity (Wildman–Crippen MR) is 80.2 cm³/mol. The van der Waals surface area contributed by atoms with Gasteiger partial charge in [-0.15, -0.1) is 0 Å². The van der Waals surface area contributed by atoms with Crippen molar-refractivity contribution in [2.45, 2.75) is 31.8 Å². The molecule has 1 aromatic carbocycles. The number of hydrogen-bond acceptors (Lipinski definition) is 4. The van der Waals surface area contributed by atoms with Crippen LogP contribution in [-0.2, 0) is 16.6 Å². The first-order chi connectivity index (χ1) is 9.27. The molecular formula is C14H24N2O3S. The van der Waals surface area contributed by atoms with Crippen LogP contribution in [0.4, 0.5) is 0 Å². The van der Waals surface area contributed by atoms with Crippen molar-refractivity contribution in [1.82, 2.24) is 9.62 Å². The van der Waals surface area contributed by atoms with E-state index in [-0.39, 0.29) is 11.5 Å². The average molecular weight is 300 g/mol. The zero-order valence-corrected chi connectivity index (χ0v) is 13.4. The summed E-state index contributed by atoms with van der Waals surface area (Å²) >= 11 is 0. The Bertz CT molecular complexity index is 554. The fraction of sp³-hybridized carbons (Fsp3) is 0.571. The van der Waals surface area contributed by atoms with E-state index in [9.17, 15) is 13.5 Å². The van der Waals surface area contributed by atoms with E-state index in [2.05, 4.69) is 4.72 Å². The van der Waals surface area contributed by atoms with Gasteiger partial charge in [0, 0.05) is 6.54 Å². The third-order valence-electron chi connectivity index (χ3n) is 3.23. The number of aryl methyl sites for hydroxylation is 1. The zero-order valence-electron chi connectivity index (χ0n) is 12.6. The first kappa shape index (κ1) is 17.1. The average Bonchev–Trinajstić information content (AvgIpc) is 2.37. The van der Waals surface area contributed by atoms with Crippen LogP contribution in [0.15, 0.2) is 17.0 Å². The molecule has 2 N–H and O–H groups in total. The molecule has 1 rings (SSSR count). The highest BCUT2D eigenvalue weighted by molar-refractivity contribution is 7.89. The number of sulfonamides is 1. The minimum atomic E-state index is -3.52. The number of benzene rings is 1. The van der Waals surface area contributed by atoms with Crippen LogP contribution in [-0.4, -0.2) is 45.6 Å². The lowest BCUT2D eigenvalue weighted by Gasteiger charge is -2.14. The van der Waals surface area contributed by atoms with Crippen molar-refractivity contribution in [3.63, 3.8) is 0 Å². The number of nitrogens with one attached hydrogen (secondary N) is 1. The minimum absolute atomic E-state index is 0.162. The Morgan fingerprint density at radius 2 is 1.90 bits per heavy atom. The van der Waals surface area contributed by atoms with Gasteiger partial charge < -0.3 is 10.0 Å². The Labute approximate surface area is 121 Å². The molecule has 0 spiro atoms. The minimum Gasteiger partial charge on any atom is -0.392 e. The summed E-state index contributed by atoms with van der Waals surface area (Å²) in [5, 5.41) is 9.20. The molecule has 0 unspecified atom stereocenters. The smallest absolute Gasteiger partial charge is 0.240 e. The second kappa shape index (κ2) is 7.17. The van der Waals surface area contributed by atoms with E-state index >= 15 is 0 Å². The Morgan fingerprint density at radius 3 is 2.45 bits per heavy atom. The van der Waals surface area contributed by atoms with Crippen molar-refractivity contribution in [3.8, 4) is 0 Å². The molecule has 0 saturated heterocycles. The molecule has 0 aliphatic rings. The normalized spacial score (nSPS) is 12.1. The van der Waals surface area contributed by atoms with Gasteiger partial charge in [0.05, 0.1) is 11.5 Å². The molecule has 0 heterocycles. The van der Waals surface area contributed by atoms with Crippen LogP contribution in [0.5, 0.6) is 0 Å². The molecule has 5 nitrogen and oxygen atoms in total. The standard InChI is InChI=1S/C14H24N2O3S/c1-11-8-13(10-17)9-14(12(11)2)20(18,19)15-6-5-7-16(3)4/h8-9,15,17H,5-7,10H2,1-4H3. The van der Waals surface area contributed by atoms with Crippen LogP contribution in [0.3, 0.4) is 0 Å². The van der Waals surface area contributed by atoms with Gasteiger partial charge in [-0.25, -0.2) is 13.1 Å². The molecular weight excluding hydrogens is 276 g/mol. The van der Waals surface area contributed by atoms with Crippen LogP contribution in [0, 0.1) is 13.8 Å². The van der Waals surface area contributed by atoms with Crippen molar-refractivity contribution in [2.75, 3.05) is 27.2 Å². The summed E-state index contributed by atoms with van der Waals surface area (Å²) < 4.78 is 27.2. The largest absolute Gasteiger partial charge is 0.392 e. The summed E-state index contributed by atoms with van der Waals surface area (Å²) in [6.45, 7) is 4.70. The summed E-state index contributed by atoms with van der Waals surface area (Å²) in [6.07, 6.45) is 0.754. The lowest BCUT2D eigenvalue weighted by molar-refractivity contribution is 0.281. The van der Waals surface area contributed by atoms with Crippen molar-refractivity contribution in [1.29, 1.82) is 0 Å². The Balaban J connectivity index is 2.89. The van der Waals surface area contributed by atoms with Gasteiger partial charge in [-0.3, -0.25) is 0 Å². The molecule has 0 amide bonds. The third kappa shape index (κ3) is 4.56. The van der Waals surface area contributed by atoms with Gasteiger partial charge in [0.25, 0.3) is 0 Å². The maximum absolute atomic E-state index is 12.3. The van der Waals surface area contributed by atoms with Crippen LogP contribution >= 0.6 is 0 Å². The van der Waals surface area contributed by atoms with E-state index < -0.39 is 10.0 Å². The van der Waals surface area contributed by atoms with E-state index in [0.29, 0.717) is 12.1 Å². The third-order valence-corrected chi connectivity index (χ3v) is 4.81. The second-order valence-corrected chi connectivity index (χ2v) is 6.98. The first-order valence-corrected chi connectivity index (χ1v) is 8.11. The van der Waals surface area contributed by atoms with Crippen LogP contribution in [0.1, 0.15) is 23.1 Å². The predicted octanol–water partition coefficient (Wildman–Crippen LogP) is 1.03. The summed E-state index contributed by atoms with van der Waals surface area (Å²) in [7, 11) is 0.379. The number of aliphatic hydroxyl groups is 1. The fourth-order valence-electron chi connectivity index (χ4n) is 1.95. The summed E-state index contributed by atoms with van der Waals surface area (Å²) in [5.74, 6) is 0. The van der Waals surface area contributed by atoms with Gasteiger partial charge in [0.15, 0.2) is 0 Å². The van der Waals surface area contributed by atoms with E-state index in [1.54, 1.807) is 13.0 Å². The van der Waals surface area contributed by atoms with Crippen molar-refractivity contribution < 1.29 is 13.5 Å².